The SMILES string of the molecule is CCCC(N)CC(=O)Nc1cnn(CCN(CC)CC)c1. The van der Waals surface area contributed by atoms with Crippen LogP contribution in [-0.4, -0.2) is 46.3 Å². The second kappa shape index (κ2) is 9.52. The number of rotatable bonds is 10. The summed E-state index contributed by atoms with van der Waals surface area (Å²) < 4.78 is 1.86. The number of likely N-dealkylation sites (N-methyl/N-ethyl adjacent to an activating group) is 1. The maximum absolute atomic E-state index is 11.8. The van der Waals surface area contributed by atoms with Gasteiger partial charge in [-0.05, 0) is 19.5 Å². The molecule has 0 aromatic carbocycles. The number of nitrogens with zero attached hydrogens (tertiary/aromatic N) is 3. The van der Waals surface area contributed by atoms with Gasteiger partial charge in [0, 0.05) is 25.2 Å². The number of aromatic nitrogens is 2. The van der Waals surface area contributed by atoms with E-state index in [2.05, 4.69) is 36.1 Å². The monoisotopic (exact) mass is 295 g/mol. The molecule has 0 saturated heterocycles. The van der Waals surface area contributed by atoms with Crippen LogP contribution >= 0.6 is 0 Å². The van der Waals surface area contributed by atoms with E-state index < -0.39 is 0 Å². The Morgan fingerprint density at radius 3 is 2.76 bits per heavy atom. The maximum atomic E-state index is 11.8. The van der Waals surface area contributed by atoms with E-state index in [4.69, 9.17) is 5.73 Å². The minimum atomic E-state index is -0.0623. The van der Waals surface area contributed by atoms with Crippen LogP contribution in [0.5, 0.6) is 0 Å². The third-order valence-electron chi connectivity index (χ3n) is 3.56. The van der Waals surface area contributed by atoms with E-state index in [1.165, 1.54) is 0 Å². The fourth-order valence-corrected chi connectivity index (χ4v) is 2.26. The molecular weight excluding hydrogens is 266 g/mol. The summed E-state index contributed by atoms with van der Waals surface area (Å²) in [4.78, 5) is 14.2. The summed E-state index contributed by atoms with van der Waals surface area (Å²) in [6, 6.07) is -0.0623. The lowest BCUT2D eigenvalue weighted by Crippen LogP contribution is -2.27. The van der Waals surface area contributed by atoms with Gasteiger partial charge >= 0.3 is 0 Å². The minimum Gasteiger partial charge on any atom is -0.327 e. The van der Waals surface area contributed by atoms with Crippen molar-refractivity contribution in [3.8, 4) is 0 Å². The molecule has 6 nitrogen and oxygen atoms in total. The molecule has 1 unspecified atom stereocenters. The summed E-state index contributed by atoms with van der Waals surface area (Å²) in [7, 11) is 0. The molecule has 120 valence electrons. The molecule has 0 bridgehead atoms. The number of hydrogen-bond acceptors (Lipinski definition) is 4. The van der Waals surface area contributed by atoms with Crippen LogP contribution in [-0.2, 0) is 11.3 Å². The fourth-order valence-electron chi connectivity index (χ4n) is 2.26. The molecule has 0 aliphatic rings. The van der Waals surface area contributed by atoms with Gasteiger partial charge in [-0.2, -0.15) is 5.10 Å². The van der Waals surface area contributed by atoms with Crippen LogP contribution < -0.4 is 11.1 Å². The van der Waals surface area contributed by atoms with Crippen molar-refractivity contribution in [2.24, 2.45) is 5.73 Å². The summed E-state index contributed by atoms with van der Waals surface area (Å²) in [5.74, 6) is -0.0424. The Kier molecular flexibility index (Phi) is 8.00. The van der Waals surface area contributed by atoms with Crippen molar-refractivity contribution in [2.75, 3.05) is 25.0 Å². The lowest BCUT2D eigenvalue weighted by Gasteiger charge is -2.17. The fraction of sp³-hybridized carbons (Fsp3) is 0.733. The zero-order chi connectivity index (χ0) is 15.7. The van der Waals surface area contributed by atoms with Gasteiger partial charge in [-0.3, -0.25) is 9.48 Å². The summed E-state index contributed by atoms with van der Waals surface area (Å²) in [6.45, 7) is 10.2. The van der Waals surface area contributed by atoms with Gasteiger partial charge in [0.05, 0.1) is 18.4 Å². The number of carbonyl (C=O) groups excluding carboxylic acids is 1. The van der Waals surface area contributed by atoms with E-state index in [-0.39, 0.29) is 11.9 Å². The van der Waals surface area contributed by atoms with Crippen molar-refractivity contribution < 1.29 is 4.79 Å². The average Bonchev–Trinajstić information content (AvgIpc) is 2.87. The Morgan fingerprint density at radius 1 is 1.43 bits per heavy atom. The molecule has 1 heterocycles. The van der Waals surface area contributed by atoms with Crippen molar-refractivity contribution in [2.45, 2.75) is 52.6 Å². The maximum Gasteiger partial charge on any atom is 0.226 e. The highest BCUT2D eigenvalue weighted by molar-refractivity contribution is 5.90. The predicted octanol–water partition coefficient (Wildman–Crippen LogP) is 1.68. The zero-order valence-electron chi connectivity index (χ0n) is 13.5. The van der Waals surface area contributed by atoms with Gasteiger partial charge in [-0.1, -0.05) is 27.2 Å². The molecule has 1 atom stereocenters. The normalized spacial score (nSPS) is 12.6. The second-order valence-corrected chi connectivity index (χ2v) is 5.32. The van der Waals surface area contributed by atoms with Gasteiger partial charge in [-0.15, -0.1) is 0 Å². The predicted molar refractivity (Wildman–Crippen MR) is 86.1 cm³/mol. The highest BCUT2D eigenvalue weighted by Gasteiger charge is 2.10. The number of amides is 1. The van der Waals surface area contributed by atoms with E-state index in [0.717, 1.165) is 44.7 Å². The topological polar surface area (TPSA) is 76.2 Å². The Hall–Kier alpha value is -1.40. The third-order valence-corrected chi connectivity index (χ3v) is 3.56. The molecule has 0 aliphatic heterocycles. The van der Waals surface area contributed by atoms with Crippen LogP contribution in [0.1, 0.15) is 40.0 Å². The molecular formula is C15H29N5O. The zero-order valence-corrected chi connectivity index (χ0v) is 13.5. The van der Waals surface area contributed by atoms with Crippen LogP contribution in [0.15, 0.2) is 12.4 Å². The third kappa shape index (κ3) is 6.73. The van der Waals surface area contributed by atoms with Crippen molar-refractivity contribution in [3.05, 3.63) is 12.4 Å². The molecule has 6 heteroatoms. The van der Waals surface area contributed by atoms with E-state index in [9.17, 15) is 4.79 Å². The molecule has 1 aromatic heterocycles. The number of nitrogens with one attached hydrogen (secondary N) is 1. The molecule has 1 aromatic rings. The summed E-state index contributed by atoms with van der Waals surface area (Å²) in [5, 5.41) is 7.12. The lowest BCUT2D eigenvalue weighted by molar-refractivity contribution is -0.116. The first kappa shape index (κ1) is 17.7. The standard InChI is InChI=1S/C15H29N5O/c1-4-7-13(16)10-15(21)18-14-11-17-20(12-14)9-8-19(5-2)6-3/h11-13H,4-10,16H2,1-3H3,(H,18,21). The molecule has 3 N–H and O–H groups in total. The van der Waals surface area contributed by atoms with E-state index in [1.54, 1.807) is 6.20 Å². The molecule has 0 radical (unpaired) electrons. The van der Waals surface area contributed by atoms with Crippen molar-refractivity contribution >= 4 is 11.6 Å². The first-order valence-electron chi connectivity index (χ1n) is 7.89. The number of carbonyl (C=O) groups is 1. The Balaban J connectivity index is 2.39. The highest BCUT2D eigenvalue weighted by atomic mass is 16.1. The molecule has 0 spiro atoms. The average molecular weight is 295 g/mol. The molecule has 1 rings (SSSR count). The van der Waals surface area contributed by atoms with Gasteiger partial charge < -0.3 is 16.0 Å². The van der Waals surface area contributed by atoms with E-state index >= 15 is 0 Å². The highest BCUT2D eigenvalue weighted by Crippen LogP contribution is 2.07. The van der Waals surface area contributed by atoms with Crippen LogP contribution in [0.2, 0.25) is 0 Å². The van der Waals surface area contributed by atoms with Gasteiger partial charge in [-0.25, -0.2) is 0 Å². The largest absolute Gasteiger partial charge is 0.327 e. The van der Waals surface area contributed by atoms with Crippen LogP contribution in [0, 0.1) is 0 Å². The second-order valence-electron chi connectivity index (χ2n) is 5.32. The van der Waals surface area contributed by atoms with Crippen LogP contribution in [0.25, 0.3) is 0 Å². The van der Waals surface area contributed by atoms with Crippen molar-refractivity contribution in [3.63, 3.8) is 0 Å². The van der Waals surface area contributed by atoms with Gasteiger partial charge in [0.15, 0.2) is 0 Å². The number of hydrogen-bond donors (Lipinski definition) is 2. The van der Waals surface area contributed by atoms with Gasteiger partial charge in [0.2, 0.25) is 5.91 Å². The minimum absolute atomic E-state index is 0.0424. The van der Waals surface area contributed by atoms with Gasteiger partial charge in [0.1, 0.15) is 0 Å². The quantitative estimate of drug-likeness (QED) is 0.688. The number of anilines is 1. The smallest absolute Gasteiger partial charge is 0.226 e. The molecule has 1 amide bonds. The van der Waals surface area contributed by atoms with Crippen LogP contribution in [0.3, 0.4) is 0 Å². The first-order valence-corrected chi connectivity index (χ1v) is 7.89. The van der Waals surface area contributed by atoms with Crippen molar-refractivity contribution in [1.82, 2.24) is 14.7 Å². The van der Waals surface area contributed by atoms with Crippen LogP contribution in [0.4, 0.5) is 5.69 Å². The summed E-state index contributed by atoms with van der Waals surface area (Å²) in [5.41, 5.74) is 6.61. The summed E-state index contributed by atoms with van der Waals surface area (Å²) >= 11 is 0. The Labute approximate surface area is 127 Å². The molecule has 0 fully saturated rings. The van der Waals surface area contributed by atoms with E-state index in [1.807, 2.05) is 10.9 Å². The number of nitrogens with two attached hydrogens (primary N) is 1. The summed E-state index contributed by atoms with van der Waals surface area (Å²) in [6.07, 6.45) is 5.78. The Bertz CT molecular complexity index is 414. The first-order chi connectivity index (χ1) is 10.1. The Morgan fingerprint density at radius 2 is 2.14 bits per heavy atom. The van der Waals surface area contributed by atoms with Gasteiger partial charge in [0.25, 0.3) is 0 Å². The molecule has 0 saturated carbocycles. The lowest BCUT2D eigenvalue weighted by atomic mass is 10.1. The van der Waals surface area contributed by atoms with E-state index in [0.29, 0.717) is 6.42 Å². The molecule has 0 aliphatic carbocycles. The van der Waals surface area contributed by atoms with Crippen molar-refractivity contribution in [1.29, 1.82) is 0 Å². The molecule has 21 heavy (non-hydrogen) atoms.